The van der Waals surface area contributed by atoms with Crippen LogP contribution >= 0.6 is 15.9 Å². The Kier molecular flexibility index (Phi) is 3.10. The highest BCUT2D eigenvalue weighted by molar-refractivity contribution is 9.10. The zero-order valence-electron chi connectivity index (χ0n) is 9.01. The molecule has 3 N–H and O–H groups in total. The summed E-state index contributed by atoms with van der Waals surface area (Å²) in [5.41, 5.74) is 6.54. The number of hydrogen-bond donors (Lipinski definition) is 2. The normalized spacial score (nSPS) is 10.2. The molecule has 1 amide bonds. The summed E-state index contributed by atoms with van der Waals surface area (Å²) in [6.07, 6.45) is 4.52. The van der Waals surface area contributed by atoms with Crippen LogP contribution in [0.15, 0.2) is 29.3 Å². The molecule has 2 heterocycles. The molecular formula is C10H10BrN5O. The number of imidazole rings is 1. The Morgan fingerprint density at radius 2 is 2.29 bits per heavy atom. The summed E-state index contributed by atoms with van der Waals surface area (Å²) in [6, 6.07) is 1.67. The van der Waals surface area contributed by atoms with E-state index in [-0.39, 0.29) is 5.91 Å². The van der Waals surface area contributed by atoms with Crippen molar-refractivity contribution < 1.29 is 4.79 Å². The van der Waals surface area contributed by atoms with E-state index in [0.29, 0.717) is 21.7 Å². The SMILES string of the molecule is Cn1cncc1C(=O)Nc1ncc(N)cc1Br. The van der Waals surface area contributed by atoms with Crippen LogP contribution in [0.3, 0.4) is 0 Å². The van der Waals surface area contributed by atoms with E-state index in [9.17, 15) is 4.79 Å². The van der Waals surface area contributed by atoms with E-state index in [1.807, 2.05) is 0 Å². The molecule has 0 aliphatic carbocycles. The molecule has 0 saturated carbocycles. The van der Waals surface area contributed by atoms with Crippen molar-refractivity contribution in [1.82, 2.24) is 14.5 Å². The first-order valence-corrected chi connectivity index (χ1v) is 5.56. The van der Waals surface area contributed by atoms with Gasteiger partial charge in [-0.25, -0.2) is 9.97 Å². The van der Waals surface area contributed by atoms with Gasteiger partial charge in [-0.1, -0.05) is 0 Å². The lowest BCUT2D eigenvalue weighted by Gasteiger charge is -2.06. The Bertz CT molecular complexity index is 566. The molecule has 2 aromatic heterocycles. The van der Waals surface area contributed by atoms with E-state index < -0.39 is 0 Å². The minimum atomic E-state index is -0.275. The molecule has 17 heavy (non-hydrogen) atoms. The Balaban J connectivity index is 2.22. The van der Waals surface area contributed by atoms with Gasteiger partial charge in [0, 0.05) is 7.05 Å². The molecule has 0 atom stereocenters. The molecule has 0 aliphatic heterocycles. The second-order valence-electron chi connectivity index (χ2n) is 3.44. The van der Waals surface area contributed by atoms with E-state index in [4.69, 9.17) is 5.73 Å². The van der Waals surface area contributed by atoms with E-state index in [1.54, 1.807) is 24.0 Å². The van der Waals surface area contributed by atoms with Gasteiger partial charge in [-0.15, -0.1) is 0 Å². The monoisotopic (exact) mass is 295 g/mol. The molecule has 0 saturated heterocycles. The molecular weight excluding hydrogens is 286 g/mol. The Morgan fingerprint density at radius 1 is 1.53 bits per heavy atom. The molecule has 2 rings (SSSR count). The number of hydrogen-bond acceptors (Lipinski definition) is 4. The first-order chi connectivity index (χ1) is 8.08. The topological polar surface area (TPSA) is 85.8 Å². The zero-order valence-corrected chi connectivity index (χ0v) is 10.6. The van der Waals surface area contributed by atoms with Crippen LogP contribution < -0.4 is 11.1 Å². The third kappa shape index (κ3) is 2.44. The van der Waals surface area contributed by atoms with Crippen LogP contribution in [0.4, 0.5) is 11.5 Å². The second kappa shape index (κ2) is 4.54. The molecule has 0 aromatic carbocycles. The fraction of sp³-hybridized carbons (Fsp3) is 0.100. The third-order valence-electron chi connectivity index (χ3n) is 2.14. The Morgan fingerprint density at radius 3 is 2.88 bits per heavy atom. The lowest BCUT2D eigenvalue weighted by Crippen LogP contribution is -2.16. The first-order valence-electron chi connectivity index (χ1n) is 4.76. The summed E-state index contributed by atoms with van der Waals surface area (Å²) in [5.74, 6) is 0.147. The van der Waals surface area contributed by atoms with Crippen molar-refractivity contribution in [1.29, 1.82) is 0 Å². The van der Waals surface area contributed by atoms with Gasteiger partial charge in [0.2, 0.25) is 0 Å². The number of aromatic nitrogens is 3. The van der Waals surface area contributed by atoms with E-state index in [1.165, 1.54) is 12.4 Å². The average molecular weight is 296 g/mol. The molecule has 0 radical (unpaired) electrons. The maximum atomic E-state index is 11.9. The summed E-state index contributed by atoms with van der Waals surface area (Å²) in [6.45, 7) is 0. The third-order valence-corrected chi connectivity index (χ3v) is 2.75. The van der Waals surface area contributed by atoms with Gasteiger partial charge in [-0.3, -0.25) is 4.79 Å². The largest absolute Gasteiger partial charge is 0.397 e. The van der Waals surface area contributed by atoms with Crippen molar-refractivity contribution in [2.75, 3.05) is 11.1 Å². The molecule has 0 unspecified atom stereocenters. The molecule has 0 bridgehead atoms. The quantitative estimate of drug-likeness (QED) is 0.877. The van der Waals surface area contributed by atoms with Crippen molar-refractivity contribution in [2.24, 2.45) is 7.05 Å². The molecule has 0 spiro atoms. The fourth-order valence-electron chi connectivity index (χ4n) is 1.29. The van der Waals surface area contributed by atoms with Gasteiger partial charge in [0.15, 0.2) is 0 Å². The predicted octanol–water partition coefficient (Wildman–Crippen LogP) is 1.41. The van der Waals surface area contributed by atoms with Crippen LogP contribution in [0.5, 0.6) is 0 Å². The number of carbonyl (C=O) groups excluding carboxylic acids is 1. The zero-order chi connectivity index (χ0) is 12.4. The van der Waals surface area contributed by atoms with Gasteiger partial charge in [-0.05, 0) is 22.0 Å². The van der Waals surface area contributed by atoms with Crippen molar-refractivity contribution >= 4 is 33.3 Å². The lowest BCUT2D eigenvalue weighted by atomic mass is 10.4. The van der Waals surface area contributed by atoms with Gasteiger partial charge >= 0.3 is 0 Å². The number of carbonyl (C=O) groups is 1. The highest BCUT2D eigenvalue weighted by atomic mass is 79.9. The van der Waals surface area contributed by atoms with Crippen molar-refractivity contribution in [2.45, 2.75) is 0 Å². The Hall–Kier alpha value is -1.89. The van der Waals surface area contributed by atoms with E-state index in [2.05, 4.69) is 31.2 Å². The number of halogens is 1. The number of anilines is 2. The number of pyridine rings is 1. The average Bonchev–Trinajstić information content (AvgIpc) is 2.68. The minimum absolute atomic E-state index is 0.275. The number of nitrogen functional groups attached to an aromatic ring is 1. The van der Waals surface area contributed by atoms with Crippen LogP contribution in [0, 0.1) is 0 Å². The molecule has 6 nitrogen and oxygen atoms in total. The summed E-state index contributed by atoms with van der Waals surface area (Å²) < 4.78 is 2.26. The minimum Gasteiger partial charge on any atom is -0.397 e. The predicted molar refractivity (Wildman–Crippen MR) is 67.5 cm³/mol. The van der Waals surface area contributed by atoms with Gasteiger partial charge in [0.05, 0.1) is 28.9 Å². The van der Waals surface area contributed by atoms with Crippen LogP contribution in [-0.4, -0.2) is 20.4 Å². The highest BCUT2D eigenvalue weighted by Gasteiger charge is 2.12. The van der Waals surface area contributed by atoms with Crippen LogP contribution in [-0.2, 0) is 7.05 Å². The highest BCUT2D eigenvalue weighted by Crippen LogP contribution is 2.22. The van der Waals surface area contributed by atoms with E-state index in [0.717, 1.165) is 0 Å². The maximum absolute atomic E-state index is 11.9. The van der Waals surface area contributed by atoms with Gasteiger partial charge < -0.3 is 15.6 Å². The molecule has 0 fully saturated rings. The number of nitrogens with zero attached hydrogens (tertiary/aromatic N) is 3. The Labute approximate surface area is 106 Å². The molecule has 88 valence electrons. The van der Waals surface area contributed by atoms with Crippen LogP contribution in [0.1, 0.15) is 10.5 Å². The summed E-state index contributed by atoms with van der Waals surface area (Å²) in [5, 5.41) is 2.67. The second-order valence-corrected chi connectivity index (χ2v) is 4.30. The van der Waals surface area contributed by atoms with Crippen LogP contribution in [0.2, 0.25) is 0 Å². The maximum Gasteiger partial charge on any atom is 0.275 e. The number of aryl methyl sites for hydroxylation is 1. The summed E-state index contributed by atoms with van der Waals surface area (Å²) in [4.78, 5) is 19.8. The summed E-state index contributed by atoms with van der Waals surface area (Å²) >= 11 is 3.28. The van der Waals surface area contributed by atoms with Gasteiger partial charge in [0.25, 0.3) is 5.91 Å². The smallest absolute Gasteiger partial charge is 0.275 e. The standard InChI is InChI=1S/C10H10BrN5O/c1-16-5-13-4-8(16)10(17)15-9-7(11)2-6(12)3-14-9/h2-5H,12H2,1H3,(H,14,15,17). The number of nitrogens with one attached hydrogen (secondary N) is 1. The summed E-state index contributed by atoms with van der Waals surface area (Å²) in [7, 11) is 1.74. The van der Waals surface area contributed by atoms with Crippen molar-refractivity contribution in [3.63, 3.8) is 0 Å². The van der Waals surface area contributed by atoms with Crippen molar-refractivity contribution in [3.8, 4) is 0 Å². The van der Waals surface area contributed by atoms with E-state index >= 15 is 0 Å². The number of rotatable bonds is 2. The van der Waals surface area contributed by atoms with Gasteiger partial charge in [0.1, 0.15) is 11.5 Å². The molecule has 2 aromatic rings. The molecule has 7 heteroatoms. The molecule has 0 aliphatic rings. The first kappa shape index (κ1) is 11.6. The number of amides is 1. The van der Waals surface area contributed by atoms with Gasteiger partial charge in [-0.2, -0.15) is 0 Å². The van der Waals surface area contributed by atoms with Crippen molar-refractivity contribution in [3.05, 3.63) is 35.0 Å². The number of nitrogens with two attached hydrogens (primary N) is 1. The fourth-order valence-corrected chi connectivity index (χ4v) is 1.76. The lowest BCUT2D eigenvalue weighted by molar-refractivity contribution is 0.101. The van der Waals surface area contributed by atoms with Crippen LogP contribution in [0.25, 0.3) is 0 Å².